The minimum absolute atomic E-state index is 0.0156. The third kappa shape index (κ3) is 27.1. The first kappa shape index (κ1) is 79.9. The Balaban J connectivity index is 0.000000188. The maximum atomic E-state index is 14.5. The zero-order chi connectivity index (χ0) is 76.4. The van der Waals surface area contributed by atoms with Crippen LogP contribution >= 0.6 is 0 Å². The summed E-state index contributed by atoms with van der Waals surface area (Å²) in [4.78, 5) is 64.7. The number of hydrogen-bond acceptors (Lipinski definition) is 25. The number of rotatable bonds is 34. The van der Waals surface area contributed by atoms with Gasteiger partial charge in [0.1, 0.15) is 42.9 Å². The molecule has 3 amide bonds. The number of nitrogens with zero attached hydrogens (tertiary/aromatic N) is 8. The van der Waals surface area contributed by atoms with E-state index in [1.165, 1.54) is 24.3 Å². The molecule has 0 saturated carbocycles. The van der Waals surface area contributed by atoms with Crippen LogP contribution in [0.5, 0.6) is 17.2 Å². The number of likely N-dealkylation sites (tertiary alicyclic amines) is 2. The Labute approximate surface area is 620 Å². The number of nitrogens with one attached hydrogen (secondary N) is 9. The second kappa shape index (κ2) is 42.1. The molecule has 0 spiro atoms. The van der Waals surface area contributed by atoms with E-state index in [0.717, 1.165) is 56.7 Å². The SMILES string of the molecule is C=CC(=O)Nc1cc(Nc2nc(Nc3ccc(OCCOC)cc3)ncc2F)ccc1F.COCCOc1ccc(Nc2ncc(F)c(Nc3cccc(NC(=O)/C=C/CN4CC[C@@H](O)C4)c3)n2)cc1.COCCOc1ccc(Nc2ncc(F)c(Nc3cccc(NC(=O)/C=C/CN4CC[C@H](O)C4)c3)n2)cc1. The van der Waals surface area contributed by atoms with Gasteiger partial charge >= 0.3 is 0 Å². The summed E-state index contributed by atoms with van der Waals surface area (Å²) in [5.74, 6) is -1.27. The molecule has 9 aromatic rings. The number of halogens is 4. The standard InChI is InChI=1S/2C27H31FN6O4.C22H21F2N5O3/c2*1-37-14-15-38-23-9-7-19(8-10-23)32-27-29-17-24(28)26(33-27)31-21-5-2-4-20(16-21)30-25(36)6-3-12-34-13-11-22(35)18-34;1-3-20(30)28-19-12-15(6-9-17(19)23)26-21-18(24)13-25-22(29-21)27-14-4-7-16(8-5-14)32-11-10-31-2/h2*2-10,16-17,22,35H,11-15,18H2,1H3,(H,30,36)(H2,29,31,32,33);3-9,12-13H,1,10-11H2,2H3,(H,28,30)(H2,25,26,27,29)/b2*6-3+;/t2*22-;/m10./s1. The second-order valence-electron chi connectivity index (χ2n) is 23.8. The molecule has 0 unspecified atom stereocenters. The first-order valence-corrected chi connectivity index (χ1v) is 34.0. The fourth-order valence-corrected chi connectivity index (χ4v) is 10.1. The van der Waals surface area contributed by atoms with Crippen LogP contribution in [0.15, 0.2) is 195 Å². The van der Waals surface area contributed by atoms with Gasteiger partial charge in [-0.25, -0.2) is 32.5 Å². The van der Waals surface area contributed by atoms with Crippen LogP contribution in [0.1, 0.15) is 12.8 Å². The highest BCUT2D eigenvalue weighted by molar-refractivity contribution is 6.01. The van der Waals surface area contributed by atoms with Crippen molar-refractivity contribution in [3.8, 4) is 17.2 Å². The fraction of sp³-hybridized carbons (Fsp3) is 0.250. The van der Waals surface area contributed by atoms with E-state index < -0.39 is 29.2 Å². The van der Waals surface area contributed by atoms with Crippen LogP contribution in [0, 0.1) is 23.3 Å². The normalized spacial score (nSPS) is 14.0. The summed E-state index contributed by atoms with van der Waals surface area (Å²) in [7, 11) is 4.82. The third-order valence-electron chi connectivity index (χ3n) is 15.5. The lowest BCUT2D eigenvalue weighted by Crippen LogP contribution is -2.22. The molecule has 11 N–H and O–H groups in total. The van der Waals surface area contributed by atoms with E-state index in [1.54, 1.807) is 155 Å². The van der Waals surface area contributed by atoms with Gasteiger partial charge in [0.15, 0.2) is 34.9 Å². The number of aliphatic hydroxyl groups is 2. The molecule has 2 atom stereocenters. The number of anilines is 15. The van der Waals surface area contributed by atoms with Crippen molar-refractivity contribution in [3.63, 3.8) is 0 Å². The van der Waals surface area contributed by atoms with Gasteiger partial charge in [0.05, 0.1) is 56.3 Å². The molecule has 0 aliphatic carbocycles. The first-order valence-electron chi connectivity index (χ1n) is 34.0. The molecular formula is C76H83F4N17O11. The van der Waals surface area contributed by atoms with Crippen LogP contribution in [0.3, 0.4) is 0 Å². The van der Waals surface area contributed by atoms with Gasteiger partial charge in [0.2, 0.25) is 35.6 Å². The number of amides is 3. The molecule has 5 heterocycles. The molecular weight excluding hydrogens is 1400 g/mol. The van der Waals surface area contributed by atoms with Crippen LogP contribution in [0.2, 0.25) is 0 Å². The molecule has 2 saturated heterocycles. The topological polar surface area (TPSA) is 339 Å². The Kier molecular flexibility index (Phi) is 31.2. The van der Waals surface area contributed by atoms with E-state index in [2.05, 4.69) is 94.1 Å². The summed E-state index contributed by atoms with van der Waals surface area (Å²) in [5, 5.41) is 44.8. The van der Waals surface area contributed by atoms with E-state index in [-0.39, 0.29) is 65.0 Å². The van der Waals surface area contributed by atoms with E-state index >= 15 is 0 Å². The molecule has 28 nitrogen and oxygen atoms in total. The number of methoxy groups -OCH3 is 3. The summed E-state index contributed by atoms with van der Waals surface area (Å²) >= 11 is 0. The fourth-order valence-electron chi connectivity index (χ4n) is 10.1. The lowest BCUT2D eigenvalue weighted by atomic mass is 10.2. The molecule has 2 aliphatic heterocycles. The van der Waals surface area contributed by atoms with Gasteiger partial charge in [-0.05, 0) is 146 Å². The number of carbonyl (C=O) groups excluding carboxylic acids is 3. The lowest BCUT2D eigenvalue weighted by molar-refractivity contribution is -0.112. The zero-order valence-electron chi connectivity index (χ0n) is 59.3. The van der Waals surface area contributed by atoms with Crippen molar-refractivity contribution in [2.24, 2.45) is 0 Å². The minimum Gasteiger partial charge on any atom is -0.491 e. The number of benzene rings is 6. The molecule has 32 heteroatoms. The highest BCUT2D eigenvalue weighted by atomic mass is 19.1. The van der Waals surface area contributed by atoms with Crippen molar-refractivity contribution in [3.05, 3.63) is 218 Å². The van der Waals surface area contributed by atoms with Gasteiger partial charge in [-0.1, -0.05) is 30.9 Å². The zero-order valence-corrected chi connectivity index (χ0v) is 59.3. The summed E-state index contributed by atoms with van der Waals surface area (Å²) in [6.45, 7) is 10.2. The Bertz CT molecular complexity index is 4270. The van der Waals surface area contributed by atoms with Gasteiger partial charge in [-0.15, -0.1) is 0 Å². The summed E-state index contributed by atoms with van der Waals surface area (Å²) in [6, 6.07) is 39.1. The second-order valence-corrected chi connectivity index (χ2v) is 23.8. The van der Waals surface area contributed by atoms with Crippen LogP contribution in [0.4, 0.5) is 104 Å². The van der Waals surface area contributed by atoms with Gasteiger partial charge in [-0.3, -0.25) is 24.2 Å². The van der Waals surface area contributed by atoms with Crippen molar-refractivity contribution >= 4 is 104 Å². The largest absolute Gasteiger partial charge is 0.491 e. The highest BCUT2D eigenvalue weighted by Crippen LogP contribution is 2.29. The predicted octanol–water partition coefficient (Wildman–Crippen LogP) is 11.8. The van der Waals surface area contributed by atoms with E-state index in [9.17, 15) is 42.2 Å². The Hall–Kier alpha value is -12.2. The van der Waals surface area contributed by atoms with E-state index in [1.807, 2.05) is 0 Å². The molecule has 2 aliphatic rings. The van der Waals surface area contributed by atoms with Crippen molar-refractivity contribution < 1.29 is 70.6 Å². The first-order chi connectivity index (χ1) is 52.4. The molecule has 11 rings (SSSR count). The number of carbonyl (C=O) groups is 3. The molecule has 566 valence electrons. The van der Waals surface area contributed by atoms with Crippen molar-refractivity contribution in [2.45, 2.75) is 25.0 Å². The third-order valence-corrected chi connectivity index (χ3v) is 15.5. The summed E-state index contributed by atoms with van der Waals surface area (Å²) < 4.78 is 88.5. The average Bonchev–Trinajstić information content (AvgIpc) is 1.33. The van der Waals surface area contributed by atoms with Crippen LogP contribution in [0.25, 0.3) is 0 Å². The van der Waals surface area contributed by atoms with Crippen LogP contribution < -0.4 is 62.1 Å². The highest BCUT2D eigenvalue weighted by Gasteiger charge is 2.21. The maximum Gasteiger partial charge on any atom is 0.248 e. The smallest absolute Gasteiger partial charge is 0.248 e. The van der Waals surface area contributed by atoms with Crippen LogP contribution in [-0.2, 0) is 28.6 Å². The molecule has 0 bridgehead atoms. The van der Waals surface area contributed by atoms with Gasteiger partial charge in [0.25, 0.3) is 0 Å². The number of β-amino-alcohol motifs (C(OH)–C–C–N with tert-alkyl or cyclic N) is 2. The summed E-state index contributed by atoms with van der Waals surface area (Å²) in [6.07, 6.45) is 11.6. The van der Waals surface area contributed by atoms with E-state index in [4.69, 9.17) is 28.4 Å². The Morgan fingerprint density at radius 2 is 0.796 bits per heavy atom. The average molecular weight is 1490 g/mol. The number of ether oxygens (including phenoxy) is 6. The monoisotopic (exact) mass is 1490 g/mol. The van der Waals surface area contributed by atoms with Crippen molar-refractivity contribution in [1.82, 2.24) is 39.7 Å². The van der Waals surface area contributed by atoms with Crippen LogP contribution in [-0.4, -0.2) is 180 Å². The molecule has 0 radical (unpaired) electrons. The Morgan fingerprint density at radius 1 is 0.444 bits per heavy atom. The summed E-state index contributed by atoms with van der Waals surface area (Å²) in [5.41, 5.74) is 4.48. The van der Waals surface area contributed by atoms with Gasteiger partial charge in [0, 0.05) is 118 Å². The Morgan fingerprint density at radius 3 is 1.14 bits per heavy atom. The van der Waals surface area contributed by atoms with Gasteiger partial charge in [-0.2, -0.15) is 15.0 Å². The number of aromatic nitrogens is 6. The predicted molar refractivity (Wildman–Crippen MR) is 405 cm³/mol. The molecule has 3 aromatic heterocycles. The lowest BCUT2D eigenvalue weighted by Gasteiger charge is -2.12. The number of hydrogen-bond donors (Lipinski definition) is 11. The quantitative estimate of drug-likeness (QED) is 0.0101. The maximum absolute atomic E-state index is 14.5. The molecule has 6 aromatic carbocycles. The minimum atomic E-state index is -0.710. The van der Waals surface area contributed by atoms with E-state index in [0.29, 0.717) is 129 Å². The van der Waals surface area contributed by atoms with Crippen molar-refractivity contribution in [2.75, 3.05) is 148 Å². The molecule has 108 heavy (non-hydrogen) atoms. The number of aliphatic hydroxyl groups excluding tert-OH is 2. The van der Waals surface area contributed by atoms with Crippen molar-refractivity contribution in [1.29, 1.82) is 0 Å². The van der Waals surface area contributed by atoms with Gasteiger partial charge < -0.3 is 86.5 Å². The molecule has 2 fully saturated rings.